The quantitative estimate of drug-likeness (QED) is 0.882. The molecule has 100 valence electrons. The summed E-state index contributed by atoms with van der Waals surface area (Å²) in [6.45, 7) is 3.56. The van der Waals surface area contributed by atoms with E-state index >= 15 is 0 Å². The molecule has 0 aliphatic heterocycles. The van der Waals surface area contributed by atoms with Crippen molar-refractivity contribution in [3.63, 3.8) is 0 Å². The van der Waals surface area contributed by atoms with Gasteiger partial charge < -0.3 is 9.72 Å². The zero-order valence-electron chi connectivity index (χ0n) is 11.0. The van der Waals surface area contributed by atoms with Crippen LogP contribution in [0.2, 0.25) is 0 Å². The molecule has 0 spiro atoms. The van der Waals surface area contributed by atoms with E-state index in [9.17, 15) is 4.79 Å². The second-order valence-electron chi connectivity index (χ2n) is 4.77. The number of aromatic nitrogens is 2. The van der Waals surface area contributed by atoms with E-state index in [1.807, 2.05) is 24.3 Å². The molecular weight excluding hydrogens is 308 g/mol. The van der Waals surface area contributed by atoms with Gasteiger partial charge in [0.2, 0.25) is 0 Å². The minimum absolute atomic E-state index is 0.317. The summed E-state index contributed by atoms with van der Waals surface area (Å²) in [4.78, 5) is 19.2. The van der Waals surface area contributed by atoms with Crippen LogP contribution >= 0.6 is 15.9 Å². The summed E-state index contributed by atoms with van der Waals surface area (Å²) in [6.07, 6.45) is 1.72. The lowest BCUT2D eigenvalue weighted by molar-refractivity contribution is -0.146. The molecule has 5 heteroatoms. The van der Waals surface area contributed by atoms with Gasteiger partial charge in [0, 0.05) is 10.0 Å². The van der Waals surface area contributed by atoms with E-state index in [1.54, 1.807) is 20.0 Å². The summed E-state index contributed by atoms with van der Waals surface area (Å²) in [5.41, 5.74) is 1.08. The van der Waals surface area contributed by atoms with Crippen molar-refractivity contribution >= 4 is 21.9 Å². The molecule has 4 nitrogen and oxygen atoms in total. The van der Waals surface area contributed by atoms with Crippen LogP contribution < -0.4 is 0 Å². The smallest absolute Gasteiger partial charge is 0.318 e. The number of rotatable bonds is 3. The first-order valence-electron chi connectivity index (χ1n) is 5.85. The molecule has 0 unspecified atom stereocenters. The van der Waals surface area contributed by atoms with E-state index in [1.165, 1.54) is 7.11 Å². The highest BCUT2D eigenvalue weighted by molar-refractivity contribution is 9.10. The van der Waals surface area contributed by atoms with E-state index in [4.69, 9.17) is 4.74 Å². The Morgan fingerprint density at radius 2 is 2.16 bits per heavy atom. The van der Waals surface area contributed by atoms with Crippen molar-refractivity contribution in [2.45, 2.75) is 19.3 Å². The summed E-state index contributed by atoms with van der Waals surface area (Å²) < 4.78 is 5.79. The van der Waals surface area contributed by atoms with Crippen molar-refractivity contribution in [3.8, 4) is 11.3 Å². The van der Waals surface area contributed by atoms with Crippen LogP contribution in [0, 0.1) is 0 Å². The Hall–Kier alpha value is -1.62. The van der Waals surface area contributed by atoms with Crippen LogP contribution in [0.1, 0.15) is 19.7 Å². The van der Waals surface area contributed by atoms with Crippen molar-refractivity contribution < 1.29 is 9.53 Å². The molecule has 0 fully saturated rings. The number of carbonyl (C=O) groups excluding carboxylic acids is 1. The number of hydrogen-bond acceptors (Lipinski definition) is 3. The van der Waals surface area contributed by atoms with Gasteiger partial charge in [-0.3, -0.25) is 4.79 Å². The normalized spacial score (nSPS) is 11.4. The zero-order chi connectivity index (χ0) is 14.0. The number of hydrogen-bond donors (Lipinski definition) is 1. The molecule has 0 amide bonds. The summed E-state index contributed by atoms with van der Waals surface area (Å²) >= 11 is 3.43. The van der Waals surface area contributed by atoms with E-state index in [-0.39, 0.29) is 5.97 Å². The molecule has 1 N–H and O–H groups in total. The Kier molecular flexibility index (Phi) is 3.75. The van der Waals surface area contributed by atoms with Gasteiger partial charge in [0.15, 0.2) is 0 Å². The Bertz CT molecular complexity index is 605. The Balaban J connectivity index is 2.37. The third-order valence-corrected chi connectivity index (χ3v) is 3.49. The third kappa shape index (κ3) is 2.71. The molecule has 1 heterocycles. The van der Waals surface area contributed by atoms with Crippen LogP contribution in [0.25, 0.3) is 11.3 Å². The molecule has 0 aliphatic rings. The summed E-state index contributed by atoms with van der Waals surface area (Å²) in [5, 5.41) is 0. The first-order chi connectivity index (χ1) is 8.95. The first-order valence-corrected chi connectivity index (χ1v) is 6.64. The molecule has 1 aromatic heterocycles. The fourth-order valence-corrected chi connectivity index (χ4v) is 2.19. The van der Waals surface area contributed by atoms with E-state index in [0.29, 0.717) is 5.82 Å². The van der Waals surface area contributed by atoms with Crippen LogP contribution in [0.3, 0.4) is 0 Å². The predicted octanol–water partition coefficient (Wildman–Crippen LogP) is 3.29. The molecule has 0 aliphatic carbocycles. The lowest BCUT2D eigenvalue weighted by atomic mass is 9.93. The number of esters is 1. The van der Waals surface area contributed by atoms with Gasteiger partial charge in [-0.25, -0.2) is 4.98 Å². The molecule has 0 saturated heterocycles. The van der Waals surface area contributed by atoms with Crippen molar-refractivity contribution in [2.24, 2.45) is 0 Å². The number of ether oxygens (including phenoxy) is 1. The number of halogens is 1. The summed E-state index contributed by atoms with van der Waals surface area (Å²) in [5.74, 6) is 0.275. The molecular formula is C14H15BrN2O2. The molecule has 2 rings (SSSR count). The maximum atomic E-state index is 11.7. The summed E-state index contributed by atoms with van der Waals surface area (Å²) in [7, 11) is 1.38. The fraction of sp³-hybridized carbons (Fsp3) is 0.286. The molecule has 0 radical (unpaired) electrons. The van der Waals surface area contributed by atoms with E-state index in [2.05, 4.69) is 25.9 Å². The summed E-state index contributed by atoms with van der Waals surface area (Å²) in [6, 6.07) is 7.88. The minimum atomic E-state index is -0.793. The zero-order valence-corrected chi connectivity index (χ0v) is 12.6. The monoisotopic (exact) mass is 322 g/mol. The van der Waals surface area contributed by atoms with Crippen LogP contribution in [0.15, 0.2) is 34.9 Å². The highest BCUT2D eigenvalue weighted by Gasteiger charge is 2.34. The number of carbonyl (C=O) groups is 1. The molecule has 0 saturated carbocycles. The van der Waals surface area contributed by atoms with Gasteiger partial charge in [0.1, 0.15) is 11.2 Å². The molecule has 0 atom stereocenters. The standard InChI is InChI=1S/C14H15BrN2O2/c1-14(2,13(18)19-3)12-16-8-11(17-12)9-5-4-6-10(15)7-9/h4-8H,1-3H3,(H,16,17). The van der Waals surface area contributed by atoms with Crippen molar-refractivity contribution in [2.75, 3.05) is 7.11 Å². The highest BCUT2D eigenvalue weighted by atomic mass is 79.9. The van der Waals surface area contributed by atoms with Gasteiger partial charge in [0.25, 0.3) is 0 Å². The first kappa shape index (κ1) is 13.8. The van der Waals surface area contributed by atoms with Crippen molar-refractivity contribution in [1.29, 1.82) is 0 Å². The number of nitrogens with one attached hydrogen (secondary N) is 1. The average Bonchev–Trinajstić information content (AvgIpc) is 2.88. The molecule has 2 aromatic rings. The van der Waals surface area contributed by atoms with Gasteiger partial charge in [-0.1, -0.05) is 28.1 Å². The minimum Gasteiger partial charge on any atom is -0.468 e. The average molecular weight is 323 g/mol. The van der Waals surface area contributed by atoms with Crippen molar-refractivity contribution in [3.05, 3.63) is 40.8 Å². The highest BCUT2D eigenvalue weighted by Crippen LogP contribution is 2.26. The van der Waals surface area contributed by atoms with Crippen molar-refractivity contribution in [1.82, 2.24) is 9.97 Å². The van der Waals surface area contributed by atoms with Gasteiger partial charge in [-0.05, 0) is 26.0 Å². The lowest BCUT2D eigenvalue weighted by Gasteiger charge is -2.18. The maximum Gasteiger partial charge on any atom is 0.318 e. The van der Waals surface area contributed by atoms with E-state index < -0.39 is 5.41 Å². The van der Waals surface area contributed by atoms with E-state index in [0.717, 1.165) is 15.7 Å². The maximum absolute atomic E-state index is 11.7. The number of methoxy groups -OCH3 is 1. The van der Waals surface area contributed by atoms with Gasteiger partial charge >= 0.3 is 5.97 Å². The number of imidazole rings is 1. The SMILES string of the molecule is COC(=O)C(C)(C)c1ncc(-c2cccc(Br)c2)[nH]1. The Morgan fingerprint density at radius 3 is 2.79 bits per heavy atom. The Labute approximate surface area is 120 Å². The molecule has 0 bridgehead atoms. The topological polar surface area (TPSA) is 55.0 Å². The second-order valence-corrected chi connectivity index (χ2v) is 5.69. The van der Waals surface area contributed by atoms with Crippen LogP contribution in [0.4, 0.5) is 0 Å². The van der Waals surface area contributed by atoms with Crippen LogP contribution in [-0.2, 0) is 14.9 Å². The lowest BCUT2D eigenvalue weighted by Crippen LogP contribution is -2.31. The second kappa shape index (κ2) is 5.17. The number of benzene rings is 1. The van der Waals surface area contributed by atoms with Gasteiger partial charge in [-0.2, -0.15) is 0 Å². The van der Waals surface area contributed by atoms with Crippen LogP contribution in [-0.4, -0.2) is 23.0 Å². The number of H-pyrrole nitrogens is 1. The number of nitrogens with zero attached hydrogens (tertiary/aromatic N) is 1. The number of aromatic amines is 1. The van der Waals surface area contributed by atoms with Gasteiger partial charge in [-0.15, -0.1) is 0 Å². The van der Waals surface area contributed by atoms with Gasteiger partial charge in [0.05, 0.1) is 19.0 Å². The molecule has 19 heavy (non-hydrogen) atoms. The molecule has 1 aromatic carbocycles. The largest absolute Gasteiger partial charge is 0.468 e. The van der Waals surface area contributed by atoms with Crippen LogP contribution in [0.5, 0.6) is 0 Å². The fourth-order valence-electron chi connectivity index (χ4n) is 1.79. The predicted molar refractivity (Wildman–Crippen MR) is 76.8 cm³/mol. The third-order valence-electron chi connectivity index (χ3n) is 3.00. The Morgan fingerprint density at radius 1 is 1.42 bits per heavy atom.